The Balaban J connectivity index is 1.90. The Morgan fingerprint density at radius 3 is 2.28 bits per heavy atom. The fraction of sp³-hybridized carbons (Fsp3) is 0.381. The van der Waals surface area contributed by atoms with Gasteiger partial charge >= 0.3 is 0 Å². The number of ether oxygens (including phenoxy) is 1. The summed E-state index contributed by atoms with van der Waals surface area (Å²) in [5, 5.41) is 3.01. The first-order valence-corrected chi connectivity index (χ1v) is 8.89. The molecule has 0 bridgehead atoms. The van der Waals surface area contributed by atoms with Crippen molar-refractivity contribution in [3.05, 3.63) is 65.7 Å². The van der Waals surface area contributed by atoms with Crippen LogP contribution in [0.1, 0.15) is 31.0 Å². The number of rotatable bonds is 9. The van der Waals surface area contributed by atoms with Crippen LogP contribution in [-0.4, -0.2) is 37.0 Å². The Labute approximate surface area is 150 Å². The second-order valence-electron chi connectivity index (χ2n) is 6.05. The van der Waals surface area contributed by atoms with E-state index in [1.54, 1.807) is 0 Å². The maximum atomic E-state index is 12.2. The molecule has 0 saturated heterocycles. The van der Waals surface area contributed by atoms with Gasteiger partial charge in [-0.15, -0.1) is 0 Å². The highest BCUT2D eigenvalue weighted by atomic mass is 16.5. The third kappa shape index (κ3) is 5.91. The van der Waals surface area contributed by atoms with Crippen LogP contribution in [0.5, 0.6) is 5.75 Å². The molecule has 0 saturated carbocycles. The van der Waals surface area contributed by atoms with E-state index in [2.05, 4.69) is 36.2 Å². The molecule has 0 fully saturated rings. The first-order chi connectivity index (χ1) is 12.1. The van der Waals surface area contributed by atoms with Crippen molar-refractivity contribution in [2.75, 3.05) is 26.2 Å². The van der Waals surface area contributed by atoms with Crippen LogP contribution in [0.4, 0.5) is 0 Å². The lowest BCUT2D eigenvalue weighted by molar-refractivity contribution is -0.123. The van der Waals surface area contributed by atoms with Gasteiger partial charge in [0, 0.05) is 6.54 Å². The second-order valence-corrected chi connectivity index (χ2v) is 6.05. The van der Waals surface area contributed by atoms with Crippen LogP contribution in [0.15, 0.2) is 54.6 Å². The van der Waals surface area contributed by atoms with Gasteiger partial charge in [0.2, 0.25) is 0 Å². The molecule has 0 aliphatic carbocycles. The predicted octanol–water partition coefficient (Wildman–Crippen LogP) is 3.57. The molecule has 2 aromatic rings. The average molecular weight is 340 g/mol. The number of hydrogen-bond donors (Lipinski definition) is 1. The van der Waals surface area contributed by atoms with Gasteiger partial charge < -0.3 is 10.1 Å². The summed E-state index contributed by atoms with van der Waals surface area (Å²) in [6.07, 6.45) is 0. The Morgan fingerprint density at radius 2 is 1.68 bits per heavy atom. The number of carbonyl (C=O) groups excluding carboxylic acids is 1. The fourth-order valence-electron chi connectivity index (χ4n) is 2.84. The third-order valence-electron chi connectivity index (χ3n) is 4.32. The van der Waals surface area contributed by atoms with Crippen molar-refractivity contribution in [2.24, 2.45) is 0 Å². The molecule has 1 N–H and O–H groups in total. The molecule has 0 heterocycles. The van der Waals surface area contributed by atoms with E-state index in [0.717, 1.165) is 13.1 Å². The summed E-state index contributed by atoms with van der Waals surface area (Å²) in [5.41, 5.74) is 2.38. The molecule has 4 nitrogen and oxygen atoms in total. The van der Waals surface area contributed by atoms with E-state index in [1.807, 2.05) is 49.4 Å². The Hall–Kier alpha value is -2.33. The molecule has 1 amide bonds. The molecule has 2 aromatic carbocycles. The summed E-state index contributed by atoms with van der Waals surface area (Å²) < 4.78 is 5.55. The highest BCUT2D eigenvalue weighted by Gasteiger charge is 2.18. The van der Waals surface area contributed by atoms with Crippen molar-refractivity contribution in [3.63, 3.8) is 0 Å². The van der Waals surface area contributed by atoms with Crippen molar-refractivity contribution < 1.29 is 9.53 Å². The topological polar surface area (TPSA) is 41.6 Å². The summed E-state index contributed by atoms with van der Waals surface area (Å²) in [6, 6.07) is 18.2. The number of nitrogens with zero attached hydrogens (tertiary/aromatic N) is 1. The van der Waals surface area contributed by atoms with Gasteiger partial charge in [-0.3, -0.25) is 9.69 Å². The Bertz CT molecular complexity index is 637. The normalized spacial score (nSPS) is 12.0. The predicted molar refractivity (Wildman–Crippen MR) is 102 cm³/mol. The van der Waals surface area contributed by atoms with Crippen molar-refractivity contribution in [2.45, 2.75) is 26.8 Å². The third-order valence-corrected chi connectivity index (χ3v) is 4.32. The second kappa shape index (κ2) is 9.84. The van der Waals surface area contributed by atoms with Gasteiger partial charge in [-0.25, -0.2) is 0 Å². The van der Waals surface area contributed by atoms with Crippen LogP contribution in [0.25, 0.3) is 0 Å². The average Bonchev–Trinajstić information content (AvgIpc) is 2.65. The van der Waals surface area contributed by atoms with Crippen molar-refractivity contribution in [1.82, 2.24) is 10.2 Å². The van der Waals surface area contributed by atoms with Gasteiger partial charge in [-0.1, -0.05) is 61.9 Å². The van der Waals surface area contributed by atoms with Crippen LogP contribution >= 0.6 is 0 Å². The minimum absolute atomic E-state index is 0.0306. The lowest BCUT2D eigenvalue weighted by Gasteiger charge is -2.30. The molecule has 134 valence electrons. The quantitative estimate of drug-likeness (QED) is 0.759. The molecule has 0 aromatic heterocycles. The summed E-state index contributed by atoms with van der Waals surface area (Å²) in [4.78, 5) is 14.5. The molecule has 0 radical (unpaired) electrons. The smallest absolute Gasteiger partial charge is 0.258 e. The fourth-order valence-corrected chi connectivity index (χ4v) is 2.84. The van der Waals surface area contributed by atoms with Crippen molar-refractivity contribution in [1.29, 1.82) is 0 Å². The summed E-state index contributed by atoms with van der Waals surface area (Å²) in [7, 11) is 0. The van der Waals surface area contributed by atoms with Gasteiger partial charge in [0.05, 0.1) is 6.04 Å². The number of benzene rings is 2. The summed E-state index contributed by atoms with van der Waals surface area (Å²) in [6.45, 7) is 8.78. The number of aryl methyl sites for hydroxylation is 1. The van der Waals surface area contributed by atoms with E-state index >= 15 is 0 Å². The first kappa shape index (κ1) is 19.0. The number of carbonyl (C=O) groups is 1. The molecule has 0 spiro atoms. The van der Waals surface area contributed by atoms with Crippen molar-refractivity contribution >= 4 is 5.91 Å². The Morgan fingerprint density at radius 1 is 1.04 bits per heavy atom. The number of nitrogens with one attached hydrogen (secondary N) is 1. The highest BCUT2D eigenvalue weighted by molar-refractivity contribution is 5.77. The van der Waals surface area contributed by atoms with Crippen LogP contribution < -0.4 is 10.1 Å². The summed E-state index contributed by atoms with van der Waals surface area (Å²) in [5.74, 6) is 0.609. The summed E-state index contributed by atoms with van der Waals surface area (Å²) >= 11 is 0. The maximum absolute atomic E-state index is 12.2. The largest absolute Gasteiger partial charge is 0.484 e. The van der Waals surface area contributed by atoms with E-state index in [4.69, 9.17) is 4.74 Å². The number of hydrogen-bond acceptors (Lipinski definition) is 3. The van der Waals surface area contributed by atoms with Gasteiger partial charge in [0.1, 0.15) is 5.75 Å². The van der Waals surface area contributed by atoms with Crippen LogP contribution in [0.3, 0.4) is 0 Å². The van der Waals surface area contributed by atoms with Crippen molar-refractivity contribution in [3.8, 4) is 5.75 Å². The van der Waals surface area contributed by atoms with Crippen LogP contribution in [0, 0.1) is 6.92 Å². The molecule has 0 aliphatic heterocycles. The van der Waals surface area contributed by atoms with E-state index in [-0.39, 0.29) is 18.6 Å². The van der Waals surface area contributed by atoms with Gasteiger partial charge in [0.15, 0.2) is 6.61 Å². The number of amides is 1. The molecular weight excluding hydrogens is 312 g/mol. The lowest BCUT2D eigenvalue weighted by Crippen LogP contribution is -2.39. The minimum atomic E-state index is -0.103. The standard InChI is InChI=1S/C21H28N2O2/c1-4-23(5-2)20(18-9-7-6-8-10-18)15-22-21(24)16-25-19-13-11-17(3)12-14-19/h6-14,20H,4-5,15-16H2,1-3H3,(H,22,24). The SMILES string of the molecule is CCN(CC)C(CNC(=O)COc1ccc(C)cc1)c1ccccc1. The maximum Gasteiger partial charge on any atom is 0.258 e. The molecule has 2 rings (SSSR count). The molecule has 4 heteroatoms. The van der Waals surface area contributed by atoms with E-state index in [1.165, 1.54) is 11.1 Å². The Kier molecular flexibility index (Phi) is 7.48. The van der Waals surface area contributed by atoms with E-state index in [0.29, 0.717) is 12.3 Å². The minimum Gasteiger partial charge on any atom is -0.484 e. The zero-order chi connectivity index (χ0) is 18.1. The number of likely N-dealkylation sites (N-methyl/N-ethyl adjacent to an activating group) is 1. The molecule has 1 unspecified atom stereocenters. The van der Waals surface area contributed by atoms with Crippen LogP contribution in [-0.2, 0) is 4.79 Å². The first-order valence-electron chi connectivity index (χ1n) is 8.89. The zero-order valence-electron chi connectivity index (χ0n) is 15.4. The van der Waals surface area contributed by atoms with Gasteiger partial charge in [0.25, 0.3) is 5.91 Å². The molecular formula is C21H28N2O2. The van der Waals surface area contributed by atoms with Gasteiger partial charge in [-0.05, 0) is 37.7 Å². The molecule has 1 atom stereocenters. The van der Waals surface area contributed by atoms with Crippen LogP contribution in [0.2, 0.25) is 0 Å². The van der Waals surface area contributed by atoms with Gasteiger partial charge in [-0.2, -0.15) is 0 Å². The molecule has 25 heavy (non-hydrogen) atoms. The monoisotopic (exact) mass is 340 g/mol. The zero-order valence-corrected chi connectivity index (χ0v) is 15.4. The van der Waals surface area contributed by atoms with E-state index in [9.17, 15) is 4.79 Å². The highest BCUT2D eigenvalue weighted by Crippen LogP contribution is 2.19. The lowest BCUT2D eigenvalue weighted by atomic mass is 10.1. The molecule has 0 aliphatic rings. The van der Waals surface area contributed by atoms with E-state index < -0.39 is 0 Å².